The van der Waals surface area contributed by atoms with Gasteiger partial charge in [0.2, 0.25) is 5.79 Å². The molecule has 17 heavy (non-hydrogen) atoms. The third kappa shape index (κ3) is 2.55. The second-order valence-corrected chi connectivity index (χ2v) is 5.27. The normalized spacial score (nSPS) is 34.6. The molecule has 1 rings (SSSR count). The van der Waals surface area contributed by atoms with Gasteiger partial charge in [-0.3, -0.25) is 0 Å². The van der Waals surface area contributed by atoms with Gasteiger partial charge in [-0.1, -0.05) is 19.9 Å². The monoisotopic (exact) mass is 244 g/mol. The molecule has 4 heteroatoms. The van der Waals surface area contributed by atoms with Crippen LogP contribution >= 0.6 is 0 Å². The van der Waals surface area contributed by atoms with Crippen LogP contribution in [-0.4, -0.2) is 41.9 Å². The maximum Gasteiger partial charge on any atom is 0.201 e. The summed E-state index contributed by atoms with van der Waals surface area (Å²) in [6.07, 6.45) is 3.17. The smallest absolute Gasteiger partial charge is 0.201 e. The Labute approximate surface area is 103 Å². The van der Waals surface area contributed by atoms with Gasteiger partial charge in [0.05, 0.1) is 12.7 Å². The molecule has 1 fully saturated rings. The lowest BCUT2D eigenvalue weighted by atomic mass is 9.77. The Bertz CT molecular complexity index is 264. The van der Waals surface area contributed by atoms with Crippen molar-refractivity contribution in [1.29, 1.82) is 0 Å². The fourth-order valence-corrected chi connectivity index (χ4v) is 2.45. The van der Waals surface area contributed by atoms with Crippen molar-refractivity contribution in [1.82, 2.24) is 0 Å². The number of methoxy groups -OCH3 is 1. The van der Waals surface area contributed by atoms with Crippen LogP contribution in [0.5, 0.6) is 0 Å². The molecule has 0 saturated carbocycles. The van der Waals surface area contributed by atoms with E-state index in [1.54, 1.807) is 6.08 Å². The van der Waals surface area contributed by atoms with Crippen LogP contribution in [-0.2, 0) is 9.47 Å². The van der Waals surface area contributed by atoms with Crippen LogP contribution in [0.15, 0.2) is 12.7 Å². The van der Waals surface area contributed by atoms with Crippen LogP contribution in [0.3, 0.4) is 0 Å². The summed E-state index contributed by atoms with van der Waals surface area (Å²) in [5.74, 6) is -1.15. The molecule has 0 aromatic rings. The first-order chi connectivity index (χ1) is 7.93. The zero-order valence-corrected chi connectivity index (χ0v) is 11.0. The zero-order chi connectivity index (χ0) is 13.1. The maximum atomic E-state index is 10.2. The van der Waals surface area contributed by atoms with Crippen LogP contribution in [0.2, 0.25) is 0 Å². The molecule has 0 radical (unpaired) electrons. The number of rotatable bonds is 5. The Morgan fingerprint density at radius 1 is 1.53 bits per heavy atom. The van der Waals surface area contributed by atoms with Crippen LogP contribution in [0.1, 0.15) is 33.1 Å². The average molecular weight is 244 g/mol. The molecule has 3 atom stereocenters. The highest BCUT2D eigenvalue weighted by Crippen LogP contribution is 2.43. The van der Waals surface area contributed by atoms with Crippen molar-refractivity contribution in [2.24, 2.45) is 5.41 Å². The molecule has 0 aromatic carbocycles. The average Bonchev–Trinajstić information content (AvgIpc) is 2.31. The number of aliphatic hydroxyl groups is 2. The van der Waals surface area contributed by atoms with Gasteiger partial charge in [-0.25, -0.2) is 0 Å². The molecule has 1 aliphatic rings. The summed E-state index contributed by atoms with van der Waals surface area (Å²) in [5.41, 5.74) is -0.666. The summed E-state index contributed by atoms with van der Waals surface area (Å²) >= 11 is 0. The van der Waals surface area contributed by atoms with E-state index in [4.69, 9.17) is 9.47 Å². The topological polar surface area (TPSA) is 58.9 Å². The zero-order valence-electron chi connectivity index (χ0n) is 11.0. The molecule has 0 aliphatic carbocycles. The maximum absolute atomic E-state index is 10.2. The van der Waals surface area contributed by atoms with Gasteiger partial charge >= 0.3 is 0 Å². The molecule has 2 N–H and O–H groups in total. The van der Waals surface area contributed by atoms with Gasteiger partial charge in [0.25, 0.3) is 0 Å². The van der Waals surface area contributed by atoms with Crippen molar-refractivity contribution < 1.29 is 19.7 Å². The van der Waals surface area contributed by atoms with Crippen molar-refractivity contribution in [3.05, 3.63) is 12.7 Å². The van der Waals surface area contributed by atoms with Crippen LogP contribution in [0, 0.1) is 5.41 Å². The molecule has 0 amide bonds. The molecule has 0 bridgehead atoms. The Hall–Kier alpha value is -0.420. The standard InChI is InChI=1S/C13H24O4/c1-5-6-10-7-8-11(15)13(16-4,17-10)12(2,3)9-14/h5,10-11,14-15H,1,6-9H2,2-4H3/t10-,11?,13-/m1/s1. The summed E-state index contributed by atoms with van der Waals surface area (Å²) in [7, 11) is 1.51. The quantitative estimate of drug-likeness (QED) is 0.719. The van der Waals surface area contributed by atoms with Gasteiger partial charge in [-0.05, 0) is 19.3 Å². The first-order valence-corrected chi connectivity index (χ1v) is 6.06. The van der Waals surface area contributed by atoms with E-state index < -0.39 is 17.3 Å². The summed E-state index contributed by atoms with van der Waals surface area (Å²) < 4.78 is 11.4. The second-order valence-electron chi connectivity index (χ2n) is 5.27. The fraction of sp³-hybridized carbons (Fsp3) is 0.846. The van der Waals surface area contributed by atoms with Crippen LogP contribution in [0.4, 0.5) is 0 Å². The van der Waals surface area contributed by atoms with Gasteiger partial charge < -0.3 is 19.7 Å². The lowest BCUT2D eigenvalue weighted by Gasteiger charge is -2.51. The van der Waals surface area contributed by atoms with Crippen molar-refractivity contribution in [2.45, 2.75) is 51.1 Å². The summed E-state index contributed by atoms with van der Waals surface area (Å²) in [4.78, 5) is 0. The van der Waals surface area contributed by atoms with Crippen molar-refractivity contribution in [2.75, 3.05) is 13.7 Å². The Balaban J connectivity index is 2.97. The van der Waals surface area contributed by atoms with Crippen LogP contribution < -0.4 is 0 Å². The first-order valence-electron chi connectivity index (χ1n) is 6.06. The SMILES string of the molecule is C=CC[C@@H]1CCC(O)[C@](OC)(C(C)(C)CO)O1. The van der Waals surface area contributed by atoms with E-state index in [1.807, 2.05) is 13.8 Å². The fourth-order valence-electron chi connectivity index (χ4n) is 2.45. The Morgan fingerprint density at radius 2 is 2.18 bits per heavy atom. The van der Waals surface area contributed by atoms with Gasteiger partial charge in [0.1, 0.15) is 6.10 Å². The molecular formula is C13H24O4. The van der Waals surface area contributed by atoms with E-state index in [2.05, 4.69) is 6.58 Å². The molecule has 1 unspecified atom stereocenters. The second kappa shape index (κ2) is 5.48. The lowest BCUT2D eigenvalue weighted by molar-refractivity contribution is -0.359. The Kier molecular flexibility index (Phi) is 4.72. The van der Waals surface area contributed by atoms with E-state index in [-0.39, 0.29) is 12.7 Å². The number of ether oxygens (including phenoxy) is 2. The van der Waals surface area contributed by atoms with E-state index in [0.717, 1.165) is 12.8 Å². The summed E-state index contributed by atoms with van der Waals surface area (Å²) in [6.45, 7) is 7.24. The highest BCUT2D eigenvalue weighted by atomic mass is 16.7. The largest absolute Gasteiger partial charge is 0.396 e. The minimum atomic E-state index is -1.15. The Morgan fingerprint density at radius 3 is 2.65 bits per heavy atom. The van der Waals surface area contributed by atoms with Gasteiger partial charge in [-0.15, -0.1) is 6.58 Å². The third-order valence-electron chi connectivity index (χ3n) is 3.61. The molecule has 100 valence electrons. The molecule has 0 aromatic heterocycles. The number of hydrogen-bond donors (Lipinski definition) is 2. The molecule has 0 spiro atoms. The van der Waals surface area contributed by atoms with E-state index in [0.29, 0.717) is 6.42 Å². The van der Waals surface area contributed by atoms with E-state index in [1.165, 1.54) is 7.11 Å². The predicted octanol–water partition coefficient (Wildman–Crippen LogP) is 1.46. The predicted molar refractivity (Wildman–Crippen MR) is 65.5 cm³/mol. The highest BCUT2D eigenvalue weighted by Gasteiger charge is 2.55. The van der Waals surface area contributed by atoms with Crippen molar-refractivity contribution >= 4 is 0 Å². The molecule has 4 nitrogen and oxygen atoms in total. The van der Waals surface area contributed by atoms with Crippen molar-refractivity contribution in [3.8, 4) is 0 Å². The van der Waals surface area contributed by atoms with E-state index >= 15 is 0 Å². The summed E-state index contributed by atoms with van der Waals surface area (Å²) in [5, 5.41) is 19.7. The minimum Gasteiger partial charge on any atom is -0.396 e. The molecule has 1 aliphatic heterocycles. The highest BCUT2D eigenvalue weighted by molar-refractivity contribution is 4.97. The van der Waals surface area contributed by atoms with Crippen molar-refractivity contribution in [3.63, 3.8) is 0 Å². The van der Waals surface area contributed by atoms with Gasteiger partial charge in [0, 0.05) is 12.5 Å². The van der Waals surface area contributed by atoms with Gasteiger partial charge in [-0.2, -0.15) is 0 Å². The summed E-state index contributed by atoms with van der Waals surface area (Å²) in [6, 6.07) is 0. The molecule has 1 heterocycles. The molecule has 1 saturated heterocycles. The number of hydrogen-bond acceptors (Lipinski definition) is 4. The van der Waals surface area contributed by atoms with E-state index in [9.17, 15) is 10.2 Å². The lowest BCUT2D eigenvalue weighted by Crippen LogP contribution is -2.62. The molecular weight excluding hydrogens is 220 g/mol. The van der Waals surface area contributed by atoms with Crippen LogP contribution in [0.25, 0.3) is 0 Å². The minimum absolute atomic E-state index is 0.0123. The van der Waals surface area contributed by atoms with Gasteiger partial charge in [0.15, 0.2) is 0 Å². The first kappa shape index (κ1) is 14.6. The third-order valence-corrected chi connectivity index (χ3v) is 3.61. The number of aliphatic hydroxyl groups excluding tert-OH is 2.